The molecule has 6 nitrogen and oxygen atoms in total. The van der Waals surface area contributed by atoms with E-state index in [2.05, 4.69) is 27.7 Å². The fraction of sp³-hybridized carbons (Fsp3) is 0.273. The largest absolute Gasteiger partial charge is 0.463 e. The van der Waals surface area contributed by atoms with Gasteiger partial charge in [-0.25, -0.2) is 9.59 Å². The van der Waals surface area contributed by atoms with Crippen LogP contribution >= 0.6 is 11.6 Å². The van der Waals surface area contributed by atoms with Gasteiger partial charge >= 0.3 is 12.0 Å². The van der Waals surface area contributed by atoms with E-state index in [-0.39, 0.29) is 12.6 Å². The van der Waals surface area contributed by atoms with E-state index in [0.717, 1.165) is 24.2 Å². The fourth-order valence-corrected chi connectivity index (χ4v) is 3.99. The summed E-state index contributed by atoms with van der Waals surface area (Å²) in [6.45, 7) is 3.26. The second-order valence-electron chi connectivity index (χ2n) is 7.00. The third-order valence-electron chi connectivity index (χ3n) is 5.18. The summed E-state index contributed by atoms with van der Waals surface area (Å²) >= 11 is 6.01. The van der Waals surface area contributed by atoms with Gasteiger partial charge in [-0.3, -0.25) is 0 Å². The third kappa shape index (κ3) is 3.93. The van der Waals surface area contributed by atoms with Crippen LogP contribution in [0.3, 0.4) is 0 Å². The zero-order valence-electron chi connectivity index (χ0n) is 16.1. The van der Waals surface area contributed by atoms with Crippen LogP contribution in [-0.2, 0) is 16.0 Å². The topological polar surface area (TPSA) is 70.7 Å². The fourth-order valence-electron chi connectivity index (χ4n) is 3.86. The number of hydrogen-bond acceptors (Lipinski definition) is 4. The molecule has 1 atom stereocenters. The van der Waals surface area contributed by atoms with Gasteiger partial charge in [0.1, 0.15) is 0 Å². The SMILES string of the molecule is CCOC(=O)C1=C(CN2CCc3ccccc32)NC(=O)N[C@H]1c1ccc(Cl)cc1. The number of urea groups is 1. The molecule has 2 heterocycles. The van der Waals surface area contributed by atoms with Crippen molar-refractivity contribution >= 4 is 29.3 Å². The van der Waals surface area contributed by atoms with E-state index in [4.69, 9.17) is 16.3 Å². The Bertz CT molecular complexity index is 972. The maximum Gasteiger partial charge on any atom is 0.338 e. The summed E-state index contributed by atoms with van der Waals surface area (Å²) in [6, 6.07) is 14.3. The van der Waals surface area contributed by atoms with Crippen molar-refractivity contribution in [2.75, 3.05) is 24.6 Å². The van der Waals surface area contributed by atoms with Crippen molar-refractivity contribution in [1.82, 2.24) is 10.6 Å². The number of carbonyl (C=O) groups is 2. The molecular weight excluding hydrogens is 390 g/mol. The molecular formula is C22H22ClN3O3. The Morgan fingerprint density at radius 3 is 2.72 bits per heavy atom. The highest BCUT2D eigenvalue weighted by molar-refractivity contribution is 6.30. The van der Waals surface area contributed by atoms with Crippen LogP contribution in [0.2, 0.25) is 5.02 Å². The smallest absolute Gasteiger partial charge is 0.338 e. The van der Waals surface area contributed by atoms with Gasteiger partial charge in [0.2, 0.25) is 0 Å². The summed E-state index contributed by atoms with van der Waals surface area (Å²) < 4.78 is 5.32. The number of fused-ring (bicyclic) bond motifs is 1. The second-order valence-corrected chi connectivity index (χ2v) is 7.43. The molecule has 2 amide bonds. The first kappa shape index (κ1) is 19.3. The summed E-state index contributed by atoms with van der Waals surface area (Å²) in [7, 11) is 0. The van der Waals surface area contributed by atoms with Gasteiger partial charge in [0.15, 0.2) is 0 Å². The Morgan fingerprint density at radius 1 is 1.21 bits per heavy atom. The molecule has 7 heteroatoms. The Labute approximate surface area is 174 Å². The van der Waals surface area contributed by atoms with Crippen LogP contribution in [0.15, 0.2) is 59.8 Å². The van der Waals surface area contributed by atoms with E-state index in [0.29, 0.717) is 22.8 Å². The highest BCUT2D eigenvalue weighted by Crippen LogP contribution is 2.32. The molecule has 0 saturated carbocycles. The van der Waals surface area contributed by atoms with Crippen molar-refractivity contribution in [1.29, 1.82) is 0 Å². The average molecular weight is 412 g/mol. The Hall–Kier alpha value is -2.99. The molecule has 0 saturated heterocycles. The number of rotatable bonds is 5. The number of anilines is 1. The molecule has 2 aliphatic rings. The molecule has 0 aliphatic carbocycles. The van der Waals surface area contributed by atoms with E-state index in [1.807, 2.05) is 12.1 Å². The van der Waals surface area contributed by atoms with Gasteiger partial charge in [0, 0.05) is 17.3 Å². The first-order valence-corrected chi connectivity index (χ1v) is 10.0. The highest BCUT2D eigenvalue weighted by Gasteiger charge is 2.35. The van der Waals surface area contributed by atoms with Crippen LogP contribution in [0.1, 0.15) is 24.1 Å². The number of esters is 1. The van der Waals surface area contributed by atoms with Crippen molar-refractivity contribution in [3.05, 3.63) is 76.0 Å². The molecule has 0 fully saturated rings. The van der Waals surface area contributed by atoms with Crippen LogP contribution in [0.5, 0.6) is 0 Å². The maximum atomic E-state index is 12.9. The Morgan fingerprint density at radius 2 is 1.97 bits per heavy atom. The second kappa shape index (κ2) is 8.17. The molecule has 0 unspecified atom stereocenters. The Balaban J connectivity index is 1.73. The quantitative estimate of drug-likeness (QED) is 0.738. The molecule has 2 aromatic carbocycles. The maximum absolute atomic E-state index is 12.9. The van der Waals surface area contributed by atoms with Gasteiger partial charge in [-0.15, -0.1) is 0 Å². The van der Waals surface area contributed by atoms with Crippen molar-refractivity contribution < 1.29 is 14.3 Å². The van der Waals surface area contributed by atoms with Crippen molar-refractivity contribution in [3.8, 4) is 0 Å². The van der Waals surface area contributed by atoms with Gasteiger partial charge in [-0.2, -0.15) is 0 Å². The summed E-state index contributed by atoms with van der Waals surface area (Å²) in [5.41, 5.74) is 4.13. The predicted octanol–water partition coefficient (Wildman–Crippen LogP) is 3.57. The minimum atomic E-state index is -0.604. The number of nitrogens with one attached hydrogen (secondary N) is 2. The van der Waals surface area contributed by atoms with Crippen molar-refractivity contribution in [2.45, 2.75) is 19.4 Å². The van der Waals surface area contributed by atoms with Crippen LogP contribution in [0.25, 0.3) is 0 Å². The van der Waals surface area contributed by atoms with E-state index in [1.54, 1.807) is 31.2 Å². The predicted molar refractivity (Wildman–Crippen MR) is 112 cm³/mol. The molecule has 2 aliphatic heterocycles. The van der Waals surface area contributed by atoms with Crippen molar-refractivity contribution in [3.63, 3.8) is 0 Å². The lowest BCUT2D eigenvalue weighted by atomic mass is 9.95. The van der Waals surface area contributed by atoms with Gasteiger partial charge in [-0.05, 0) is 42.7 Å². The summed E-state index contributed by atoms with van der Waals surface area (Å²) in [5, 5.41) is 6.27. The molecule has 0 bridgehead atoms. The summed E-state index contributed by atoms with van der Waals surface area (Å²) in [5.74, 6) is -0.442. The highest BCUT2D eigenvalue weighted by atomic mass is 35.5. The third-order valence-corrected chi connectivity index (χ3v) is 5.44. The molecule has 2 N–H and O–H groups in total. The normalized spacial score (nSPS) is 18.2. The summed E-state index contributed by atoms with van der Waals surface area (Å²) in [6.07, 6.45) is 0.936. The van der Waals surface area contributed by atoms with Crippen LogP contribution < -0.4 is 15.5 Å². The first-order valence-electron chi connectivity index (χ1n) is 9.63. The number of ether oxygens (including phenoxy) is 1. The zero-order valence-corrected chi connectivity index (χ0v) is 16.8. The average Bonchev–Trinajstić information content (AvgIpc) is 3.11. The standard InChI is InChI=1S/C22H22ClN3O3/c1-2-29-21(27)19-17(13-26-12-11-14-5-3-4-6-18(14)26)24-22(28)25-20(19)15-7-9-16(23)10-8-15/h3-10,20H,2,11-13H2,1H3,(H2,24,25,28)/t20-/m0/s1. The molecule has 0 aromatic heterocycles. The van der Waals surface area contributed by atoms with Gasteiger partial charge in [0.05, 0.1) is 30.5 Å². The number of para-hydroxylation sites is 1. The summed E-state index contributed by atoms with van der Waals surface area (Å²) in [4.78, 5) is 27.5. The molecule has 0 radical (unpaired) electrons. The number of amides is 2. The molecule has 4 rings (SSSR count). The van der Waals surface area contributed by atoms with Gasteiger partial charge < -0.3 is 20.3 Å². The van der Waals surface area contributed by atoms with Crippen molar-refractivity contribution in [2.24, 2.45) is 0 Å². The van der Waals surface area contributed by atoms with Crippen LogP contribution in [0.4, 0.5) is 10.5 Å². The minimum Gasteiger partial charge on any atom is -0.463 e. The molecule has 0 spiro atoms. The van der Waals surface area contributed by atoms with E-state index in [1.165, 1.54) is 5.56 Å². The van der Waals surface area contributed by atoms with Crippen LogP contribution in [-0.4, -0.2) is 31.7 Å². The number of carbonyl (C=O) groups excluding carboxylic acids is 2. The number of halogens is 1. The number of nitrogens with zero attached hydrogens (tertiary/aromatic N) is 1. The molecule has 2 aromatic rings. The van der Waals surface area contributed by atoms with Crippen LogP contribution in [0, 0.1) is 0 Å². The molecule has 150 valence electrons. The van der Waals surface area contributed by atoms with Gasteiger partial charge in [0.25, 0.3) is 0 Å². The first-order chi connectivity index (χ1) is 14.1. The lowest BCUT2D eigenvalue weighted by Gasteiger charge is -2.31. The lowest BCUT2D eigenvalue weighted by Crippen LogP contribution is -2.48. The molecule has 29 heavy (non-hydrogen) atoms. The van der Waals surface area contributed by atoms with E-state index >= 15 is 0 Å². The number of benzene rings is 2. The number of hydrogen-bond donors (Lipinski definition) is 2. The monoisotopic (exact) mass is 411 g/mol. The zero-order chi connectivity index (χ0) is 20.4. The minimum absolute atomic E-state index is 0.253. The van der Waals surface area contributed by atoms with E-state index < -0.39 is 12.0 Å². The van der Waals surface area contributed by atoms with Gasteiger partial charge in [-0.1, -0.05) is 41.9 Å². The van der Waals surface area contributed by atoms with E-state index in [9.17, 15) is 9.59 Å². The lowest BCUT2D eigenvalue weighted by molar-refractivity contribution is -0.139. The Kier molecular flexibility index (Phi) is 5.45.